The molecule has 0 aliphatic heterocycles. The van der Waals surface area contributed by atoms with Crippen molar-refractivity contribution in [2.24, 2.45) is 0 Å². The second kappa shape index (κ2) is 6.33. The molecule has 124 valence electrons. The van der Waals surface area contributed by atoms with Crippen molar-refractivity contribution in [2.45, 2.75) is 0 Å². The second-order valence-corrected chi connectivity index (χ2v) is 5.11. The van der Waals surface area contributed by atoms with Crippen LogP contribution in [0.3, 0.4) is 0 Å². The van der Waals surface area contributed by atoms with Crippen molar-refractivity contribution in [3.05, 3.63) is 63.7 Å². The number of amides is 1. The molecule has 3 N–H and O–H groups in total. The first-order valence-corrected chi connectivity index (χ1v) is 7.18. The van der Waals surface area contributed by atoms with Crippen LogP contribution in [0.5, 0.6) is 0 Å². The molecule has 0 radical (unpaired) electrons. The molecule has 0 saturated carbocycles. The minimum absolute atomic E-state index is 0.0921. The van der Waals surface area contributed by atoms with Crippen molar-refractivity contribution in [3.63, 3.8) is 0 Å². The van der Waals surface area contributed by atoms with Crippen molar-refractivity contribution in [1.29, 1.82) is 5.26 Å². The van der Waals surface area contributed by atoms with Gasteiger partial charge in [0.05, 0.1) is 18.4 Å². The lowest BCUT2D eigenvalue weighted by Gasteiger charge is -2.05. The number of methoxy groups -OCH3 is 1. The third-order valence-corrected chi connectivity index (χ3v) is 3.61. The first-order chi connectivity index (χ1) is 12.0. The molecule has 2 heterocycles. The van der Waals surface area contributed by atoms with E-state index in [9.17, 15) is 19.6 Å². The molecule has 0 unspecified atom stereocenters. The van der Waals surface area contributed by atoms with Gasteiger partial charge in [0.1, 0.15) is 17.3 Å². The SMILES string of the molecule is COC(=O)c1cc(NC(=O)c2[nH]c3ccccc3c2C#N)c[nH]c1=O. The van der Waals surface area contributed by atoms with Crippen LogP contribution in [0.25, 0.3) is 10.9 Å². The third kappa shape index (κ3) is 2.86. The number of rotatable bonds is 3. The van der Waals surface area contributed by atoms with E-state index < -0.39 is 17.4 Å². The molecule has 3 aromatic rings. The molecule has 0 aliphatic rings. The molecule has 1 amide bonds. The molecule has 0 fully saturated rings. The summed E-state index contributed by atoms with van der Waals surface area (Å²) >= 11 is 0. The Kier molecular flexibility index (Phi) is 4.05. The van der Waals surface area contributed by atoms with Crippen LogP contribution in [0.4, 0.5) is 5.69 Å². The lowest BCUT2D eigenvalue weighted by atomic mass is 10.1. The molecule has 2 aromatic heterocycles. The van der Waals surface area contributed by atoms with E-state index in [4.69, 9.17) is 0 Å². The maximum atomic E-state index is 12.5. The molecule has 0 spiro atoms. The number of pyridine rings is 1. The number of hydrogen-bond acceptors (Lipinski definition) is 5. The number of fused-ring (bicyclic) bond motifs is 1. The molecule has 1 aromatic carbocycles. The first kappa shape index (κ1) is 16.0. The molecule has 0 saturated heterocycles. The number of aromatic amines is 2. The molecular weight excluding hydrogens is 324 g/mol. The summed E-state index contributed by atoms with van der Waals surface area (Å²) in [5.41, 5.74) is 0.277. The molecule has 8 nitrogen and oxygen atoms in total. The number of ether oxygens (including phenoxy) is 1. The van der Waals surface area contributed by atoms with E-state index >= 15 is 0 Å². The number of carbonyl (C=O) groups is 2. The molecule has 0 bridgehead atoms. The van der Waals surface area contributed by atoms with Crippen molar-refractivity contribution in [1.82, 2.24) is 9.97 Å². The maximum Gasteiger partial charge on any atom is 0.343 e. The van der Waals surface area contributed by atoms with Crippen LogP contribution in [0.1, 0.15) is 26.4 Å². The molecule has 8 heteroatoms. The Morgan fingerprint density at radius 2 is 2.04 bits per heavy atom. The number of aromatic nitrogens is 2. The Labute approximate surface area is 141 Å². The van der Waals surface area contributed by atoms with Gasteiger partial charge in [-0.15, -0.1) is 0 Å². The number of para-hydroxylation sites is 1. The number of nitrogens with zero attached hydrogens (tertiary/aromatic N) is 1. The van der Waals surface area contributed by atoms with Crippen molar-refractivity contribution in [2.75, 3.05) is 12.4 Å². The zero-order valence-corrected chi connectivity index (χ0v) is 13.0. The van der Waals surface area contributed by atoms with Gasteiger partial charge in [0, 0.05) is 17.1 Å². The number of esters is 1. The van der Waals surface area contributed by atoms with E-state index in [1.807, 2.05) is 6.07 Å². The minimum atomic E-state index is -0.819. The largest absolute Gasteiger partial charge is 0.465 e. The average Bonchev–Trinajstić information content (AvgIpc) is 3.01. The number of carbonyl (C=O) groups excluding carboxylic acids is 2. The van der Waals surface area contributed by atoms with Crippen LogP contribution >= 0.6 is 0 Å². The van der Waals surface area contributed by atoms with Crippen LogP contribution in [-0.4, -0.2) is 29.0 Å². The Morgan fingerprint density at radius 1 is 1.28 bits per heavy atom. The quantitative estimate of drug-likeness (QED) is 0.628. The second-order valence-electron chi connectivity index (χ2n) is 5.11. The number of nitriles is 1. The van der Waals surface area contributed by atoms with Gasteiger partial charge in [-0.2, -0.15) is 5.26 Å². The van der Waals surface area contributed by atoms with Gasteiger partial charge in [-0.3, -0.25) is 9.59 Å². The third-order valence-electron chi connectivity index (χ3n) is 3.61. The Balaban J connectivity index is 1.97. The molecule has 0 atom stereocenters. The van der Waals surface area contributed by atoms with E-state index in [0.717, 1.165) is 7.11 Å². The number of H-pyrrole nitrogens is 2. The minimum Gasteiger partial charge on any atom is -0.465 e. The van der Waals surface area contributed by atoms with Crippen molar-refractivity contribution < 1.29 is 14.3 Å². The summed E-state index contributed by atoms with van der Waals surface area (Å²) in [4.78, 5) is 40.9. The van der Waals surface area contributed by atoms with Gasteiger partial charge in [0.25, 0.3) is 11.5 Å². The zero-order valence-electron chi connectivity index (χ0n) is 13.0. The van der Waals surface area contributed by atoms with Gasteiger partial charge >= 0.3 is 5.97 Å². The van der Waals surface area contributed by atoms with Gasteiger partial charge < -0.3 is 20.0 Å². The highest BCUT2D eigenvalue weighted by Gasteiger charge is 2.19. The summed E-state index contributed by atoms with van der Waals surface area (Å²) in [6.07, 6.45) is 1.25. The van der Waals surface area contributed by atoms with Crippen molar-refractivity contribution in [3.8, 4) is 6.07 Å². The molecule has 3 rings (SSSR count). The summed E-state index contributed by atoms with van der Waals surface area (Å²) in [5, 5.41) is 12.5. The van der Waals surface area contributed by atoms with Gasteiger partial charge in [-0.1, -0.05) is 18.2 Å². The fourth-order valence-electron chi connectivity index (χ4n) is 2.44. The highest BCUT2D eigenvalue weighted by Crippen LogP contribution is 2.22. The van der Waals surface area contributed by atoms with Gasteiger partial charge in [0.15, 0.2) is 0 Å². The lowest BCUT2D eigenvalue weighted by Crippen LogP contribution is -2.21. The topological polar surface area (TPSA) is 128 Å². The van der Waals surface area contributed by atoms with E-state index in [1.54, 1.807) is 24.3 Å². The Bertz CT molecular complexity index is 1090. The number of anilines is 1. The number of nitrogens with one attached hydrogen (secondary N) is 3. The fraction of sp³-hybridized carbons (Fsp3) is 0.0588. The van der Waals surface area contributed by atoms with E-state index in [-0.39, 0.29) is 22.5 Å². The van der Waals surface area contributed by atoms with Gasteiger partial charge in [0.2, 0.25) is 0 Å². The summed E-state index contributed by atoms with van der Waals surface area (Å²) in [5.74, 6) is -1.39. The number of benzene rings is 1. The predicted molar refractivity (Wildman–Crippen MR) is 89.4 cm³/mol. The molecule has 25 heavy (non-hydrogen) atoms. The maximum absolute atomic E-state index is 12.5. The molecule has 0 aliphatic carbocycles. The van der Waals surface area contributed by atoms with E-state index in [0.29, 0.717) is 10.9 Å². The monoisotopic (exact) mass is 336 g/mol. The smallest absolute Gasteiger partial charge is 0.343 e. The van der Waals surface area contributed by atoms with Crippen LogP contribution in [-0.2, 0) is 4.74 Å². The fourth-order valence-corrected chi connectivity index (χ4v) is 2.44. The first-order valence-electron chi connectivity index (χ1n) is 7.18. The van der Waals surface area contributed by atoms with Crippen LogP contribution in [0.2, 0.25) is 0 Å². The standard InChI is InChI=1S/C17H12N4O4/c1-25-17(24)11-6-9(8-19-15(11)22)20-16(23)14-12(7-18)10-4-2-3-5-13(10)21-14/h2-6,8,21H,1H3,(H,19,22)(H,20,23). The Hall–Kier alpha value is -3.86. The van der Waals surface area contributed by atoms with Crippen LogP contribution in [0.15, 0.2) is 41.3 Å². The highest BCUT2D eigenvalue weighted by molar-refractivity contribution is 6.09. The van der Waals surface area contributed by atoms with E-state index in [1.165, 1.54) is 12.3 Å². The zero-order chi connectivity index (χ0) is 18.0. The van der Waals surface area contributed by atoms with Crippen LogP contribution < -0.4 is 10.9 Å². The lowest BCUT2D eigenvalue weighted by molar-refractivity contribution is 0.0598. The molecular formula is C17H12N4O4. The average molecular weight is 336 g/mol. The number of hydrogen-bond donors (Lipinski definition) is 3. The van der Waals surface area contributed by atoms with Gasteiger partial charge in [-0.05, 0) is 12.1 Å². The normalized spacial score (nSPS) is 10.2. The van der Waals surface area contributed by atoms with Gasteiger partial charge in [-0.25, -0.2) is 4.79 Å². The highest BCUT2D eigenvalue weighted by atomic mass is 16.5. The summed E-state index contributed by atoms with van der Waals surface area (Å²) in [6, 6.07) is 10.3. The van der Waals surface area contributed by atoms with E-state index in [2.05, 4.69) is 20.0 Å². The Morgan fingerprint density at radius 3 is 2.76 bits per heavy atom. The summed E-state index contributed by atoms with van der Waals surface area (Å²) < 4.78 is 4.52. The van der Waals surface area contributed by atoms with Crippen molar-refractivity contribution >= 4 is 28.5 Å². The summed E-state index contributed by atoms with van der Waals surface area (Å²) in [6.45, 7) is 0. The predicted octanol–water partition coefficient (Wildman–Crippen LogP) is 1.77. The summed E-state index contributed by atoms with van der Waals surface area (Å²) in [7, 11) is 1.15. The van der Waals surface area contributed by atoms with Crippen LogP contribution in [0, 0.1) is 11.3 Å².